The molecule has 0 spiro atoms. The molecule has 2 aromatic carbocycles. The van der Waals surface area contributed by atoms with E-state index in [-0.39, 0.29) is 54.3 Å². The fraction of sp³-hybridized carbons (Fsp3) is 0.647. The predicted molar refractivity (Wildman–Crippen MR) is 372 cm³/mol. The first-order valence-electron chi connectivity index (χ1n) is 33.6. The van der Waals surface area contributed by atoms with E-state index in [0.717, 1.165) is 28.5 Å². The van der Waals surface area contributed by atoms with E-state index in [1.165, 1.54) is 46.3 Å². The van der Waals surface area contributed by atoms with Gasteiger partial charge in [0.1, 0.15) is 6.04 Å². The number of nitrogens with zero attached hydrogens (tertiary/aromatic N) is 5. The topological polar surface area (TPSA) is 347 Å². The standard InChI is InChI=1S/C68H104N14O12S2/c1-13-41(6)63(81(10)68(92)61(39(2)3)79-67(91)62(40(4)5)80(8)9)52(93-11)30-60(88)82-27-17-18-51(82)64(94-12)42(7)65(89)76-46(31-69)28-43-21-24-45(25-22-43)75-59(87)36-73-57(85)34-71-55(83)32-70-56(84)33-72-58(86)35-74-66(90)44-23-26-47-48(29-44)78-50-38-96-54-20-16-14-15-19-53(54)95-37-49(50)77-47/h21-26,29,39-42,46,51-54,61-64H,13-20,27-28,30-38,69H2,1-12H3,(H,70,84)(H,71,83)(H,72,86)(H,73,85)(H,74,90)(H,75,87)(H,76,89)(H,79,91)/t41-,42+,46-,51-,52+,53?,54?,61-,62-,63-,64+/m0/s1. The Kier molecular flexibility index (Phi) is 31.1. The van der Waals surface area contributed by atoms with Crippen LogP contribution < -0.4 is 48.3 Å². The van der Waals surface area contributed by atoms with Crippen molar-refractivity contribution in [3.05, 3.63) is 65.0 Å². The van der Waals surface area contributed by atoms with E-state index in [1.54, 1.807) is 66.2 Å². The number of hydrogen-bond donors (Lipinski definition) is 9. The molecule has 530 valence electrons. The van der Waals surface area contributed by atoms with Gasteiger partial charge >= 0.3 is 0 Å². The Morgan fingerprint density at radius 3 is 1.74 bits per heavy atom. The van der Waals surface area contributed by atoms with Gasteiger partial charge in [0.2, 0.25) is 53.2 Å². The van der Waals surface area contributed by atoms with E-state index >= 15 is 0 Å². The maximum Gasteiger partial charge on any atom is 0.251 e. The van der Waals surface area contributed by atoms with E-state index in [9.17, 15) is 47.9 Å². The first-order valence-corrected chi connectivity index (χ1v) is 35.7. The Labute approximate surface area is 573 Å². The molecule has 26 nitrogen and oxygen atoms in total. The molecular formula is C68H104N14O12S2. The number of carbonyl (C=O) groups is 10. The summed E-state index contributed by atoms with van der Waals surface area (Å²) in [5.74, 6) is -4.13. The molecule has 3 aliphatic rings. The molecule has 3 aromatic rings. The SMILES string of the molecule is CC[C@H](C)[C@@H]([C@@H](CC(=O)N1CCC[C@H]1[C@H](OC)[C@@H](C)C(=O)N[C@H](CN)Cc1ccc(NC(=O)CNC(=O)CNC(=O)CNC(=O)CNC(=O)CNC(=O)c2ccc3nc4c(nc3c2)CSC2CCCCCC2SC4)cc1)OC)N(C)C(=O)[C@@H](NC(=O)[C@H](C(C)C)N(C)C)C(C)C. The third-order valence-corrected chi connectivity index (χ3v) is 21.4. The number of rotatable bonds is 33. The molecule has 3 heterocycles. The highest BCUT2D eigenvalue weighted by Crippen LogP contribution is 2.41. The van der Waals surface area contributed by atoms with Gasteiger partial charge < -0.3 is 67.5 Å². The summed E-state index contributed by atoms with van der Waals surface area (Å²) in [7, 11) is 8.45. The molecule has 1 saturated heterocycles. The normalized spacial score (nSPS) is 18.9. The molecule has 2 fully saturated rings. The molecule has 1 saturated carbocycles. The van der Waals surface area contributed by atoms with Crippen molar-refractivity contribution in [2.45, 2.75) is 177 Å². The van der Waals surface area contributed by atoms with Gasteiger partial charge in [0.05, 0.1) is 97.8 Å². The zero-order valence-electron chi connectivity index (χ0n) is 58.0. The predicted octanol–water partition coefficient (Wildman–Crippen LogP) is 3.28. The maximum absolute atomic E-state index is 14.4. The van der Waals surface area contributed by atoms with Gasteiger partial charge in [-0.2, -0.15) is 23.5 Å². The Morgan fingerprint density at radius 1 is 0.656 bits per heavy atom. The van der Waals surface area contributed by atoms with Crippen molar-refractivity contribution in [3.8, 4) is 0 Å². The number of thioether (sulfide) groups is 2. The summed E-state index contributed by atoms with van der Waals surface area (Å²) in [5, 5.41) is 22.1. The lowest BCUT2D eigenvalue weighted by Gasteiger charge is -2.41. The summed E-state index contributed by atoms with van der Waals surface area (Å²) < 4.78 is 12.1. The van der Waals surface area contributed by atoms with Gasteiger partial charge in [0.25, 0.3) is 5.91 Å². The van der Waals surface area contributed by atoms with Crippen molar-refractivity contribution in [1.82, 2.24) is 61.9 Å². The number of ether oxygens (including phenoxy) is 2. The number of likely N-dealkylation sites (tertiary alicyclic amines) is 1. The number of anilines is 1. The number of aromatic nitrogens is 2. The number of nitrogens with one attached hydrogen (secondary N) is 8. The minimum absolute atomic E-state index is 0.00787. The molecule has 10 amide bonds. The molecule has 2 unspecified atom stereocenters. The summed E-state index contributed by atoms with van der Waals surface area (Å²) in [4.78, 5) is 147. The number of carbonyl (C=O) groups excluding carboxylic acids is 10. The summed E-state index contributed by atoms with van der Waals surface area (Å²) in [6.45, 7) is 11.8. The zero-order chi connectivity index (χ0) is 70.3. The van der Waals surface area contributed by atoms with E-state index < -0.39 is 117 Å². The van der Waals surface area contributed by atoms with Gasteiger partial charge in [0, 0.05) is 73.7 Å². The zero-order valence-corrected chi connectivity index (χ0v) is 59.6. The lowest BCUT2D eigenvalue weighted by atomic mass is 9.89. The summed E-state index contributed by atoms with van der Waals surface area (Å²) in [6.07, 6.45) is 7.23. The van der Waals surface area contributed by atoms with Gasteiger partial charge in [0.15, 0.2) is 0 Å². The van der Waals surface area contributed by atoms with Crippen molar-refractivity contribution in [2.24, 2.45) is 29.4 Å². The number of methoxy groups -OCH3 is 2. The van der Waals surface area contributed by atoms with E-state index in [0.29, 0.717) is 65.0 Å². The van der Waals surface area contributed by atoms with Crippen molar-refractivity contribution in [2.75, 3.05) is 86.5 Å². The number of amides is 10. The summed E-state index contributed by atoms with van der Waals surface area (Å²) in [6, 6.07) is 9.27. The third-order valence-electron chi connectivity index (χ3n) is 18.3. The van der Waals surface area contributed by atoms with E-state index in [2.05, 4.69) is 42.5 Å². The second-order valence-corrected chi connectivity index (χ2v) is 28.8. The largest absolute Gasteiger partial charge is 0.379 e. The molecular weight excluding hydrogens is 1270 g/mol. The van der Waals surface area contributed by atoms with Crippen LogP contribution in [0.2, 0.25) is 0 Å². The lowest BCUT2D eigenvalue weighted by Crippen LogP contribution is -2.59. The Hall–Kier alpha value is -6.98. The van der Waals surface area contributed by atoms with Crippen LogP contribution >= 0.6 is 23.5 Å². The van der Waals surface area contributed by atoms with Crippen LogP contribution in [0.1, 0.15) is 134 Å². The van der Waals surface area contributed by atoms with Crippen molar-refractivity contribution < 1.29 is 57.4 Å². The number of benzene rings is 2. The smallest absolute Gasteiger partial charge is 0.251 e. The molecule has 6 rings (SSSR count). The van der Waals surface area contributed by atoms with Crippen molar-refractivity contribution >= 4 is 99.3 Å². The van der Waals surface area contributed by atoms with Crippen LogP contribution in [0, 0.1) is 23.7 Å². The second-order valence-electron chi connectivity index (χ2n) is 26.3. The monoisotopic (exact) mass is 1370 g/mol. The minimum atomic E-state index is -0.809. The molecule has 0 bridgehead atoms. The van der Waals surface area contributed by atoms with Gasteiger partial charge in [-0.25, -0.2) is 9.97 Å². The minimum Gasteiger partial charge on any atom is -0.379 e. The quantitative estimate of drug-likeness (QED) is 0.0422. The molecule has 10 N–H and O–H groups in total. The molecule has 96 heavy (non-hydrogen) atoms. The van der Waals surface area contributed by atoms with Gasteiger partial charge in [-0.3, -0.25) is 52.8 Å². The summed E-state index contributed by atoms with van der Waals surface area (Å²) in [5.41, 5.74) is 11.0. The number of likely N-dealkylation sites (N-methyl/N-ethyl adjacent to an activating group) is 2. The van der Waals surface area contributed by atoms with Crippen molar-refractivity contribution in [3.63, 3.8) is 0 Å². The maximum atomic E-state index is 14.4. The van der Waals surface area contributed by atoms with Gasteiger partial charge in [-0.15, -0.1) is 0 Å². The van der Waals surface area contributed by atoms with E-state index in [1.807, 2.05) is 84.1 Å². The Morgan fingerprint density at radius 2 is 1.22 bits per heavy atom. The molecule has 2 aliphatic heterocycles. The Bertz CT molecular complexity index is 3150. The average Bonchev–Trinajstić information content (AvgIpc) is 0.955. The first kappa shape index (κ1) is 78.0. The highest BCUT2D eigenvalue weighted by Gasteiger charge is 2.44. The third kappa shape index (κ3) is 22.5. The fourth-order valence-electron chi connectivity index (χ4n) is 12.9. The molecule has 1 aliphatic carbocycles. The number of nitrogens with two attached hydrogens (primary N) is 1. The number of fused-ring (bicyclic) bond motifs is 3. The van der Waals surface area contributed by atoms with Crippen LogP contribution in [-0.2, 0) is 70.6 Å². The highest BCUT2D eigenvalue weighted by atomic mass is 32.2. The molecule has 1 aromatic heterocycles. The van der Waals surface area contributed by atoms with Crippen LogP contribution in [-0.4, -0.2) is 218 Å². The molecule has 11 atom stereocenters. The fourth-order valence-corrected chi connectivity index (χ4v) is 15.9. The summed E-state index contributed by atoms with van der Waals surface area (Å²) >= 11 is 3.92. The average molecular weight is 1370 g/mol. The van der Waals surface area contributed by atoms with Crippen LogP contribution in [0.4, 0.5) is 5.69 Å². The van der Waals surface area contributed by atoms with Crippen LogP contribution in [0.25, 0.3) is 11.0 Å². The van der Waals surface area contributed by atoms with E-state index in [4.69, 9.17) is 25.2 Å². The van der Waals surface area contributed by atoms with Crippen LogP contribution in [0.15, 0.2) is 42.5 Å². The van der Waals surface area contributed by atoms with Crippen LogP contribution in [0.5, 0.6) is 0 Å². The Balaban J connectivity index is 0.877. The number of hydrogen-bond acceptors (Lipinski definition) is 18. The van der Waals surface area contributed by atoms with Gasteiger partial charge in [-0.1, -0.05) is 86.3 Å². The molecule has 28 heteroatoms. The van der Waals surface area contributed by atoms with Crippen molar-refractivity contribution in [1.29, 1.82) is 0 Å². The highest BCUT2D eigenvalue weighted by molar-refractivity contribution is 8.03. The molecule has 0 radical (unpaired) electrons. The first-order chi connectivity index (χ1) is 45.8. The lowest BCUT2D eigenvalue weighted by molar-refractivity contribution is -0.148. The van der Waals surface area contributed by atoms with Gasteiger partial charge in [-0.05, 0) is 99.8 Å². The van der Waals surface area contributed by atoms with Crippen LogP contribution in [0.3, 0.4) is 0 Å². The second kappa shape index (κ2) is 38.2.